The van der Waals surface area contributed by atoms with Crippen LogP contribution in [0.15, 0.2) is 58.2 Å². The highest BCUT2D eigenvalue weighted by atomic mass is 79.9. The van der Waals surface area contributed by atoms with Crippen molar-refractivity contribution in [2.75, 3.05) is 5.75 Å². The van der Waals surface area contributed by atoms with Gasteiger partial charge in [-0.25, -0.2) is 0 Å². The Morgan fingerprint density at radius 2 is 1.92 bits per heavy atom. The summed E-state index contributed by atoms with van der Waals surface area (Å²) in [6.07, 6.45) is 0. The van der Waals surface area contributed by atoms with Gasteiger partial charge in [-0.05, 0) is 25.1 Å². The van der Waals surface area contributed by atoms with Gasteiger partial charge in [-0.1, -0.05) is 63.6 Å². The van der Waals surface area contributed by atoms with Crippen molar-refractivity contribution in [1.82, 2.24) is 14.8 Å². The van der Waals surface area contributed by atoms with Crippen molar-refractivity contribution in [3.05, 3.63) is 64.1 Å². The van der Waals surface area contributed by atoms with Gasteiger partial charge in [0.15, 0.2) is 16.8 Å². The van der Waals surface area contributed by atoms with Gasteiger partial charge in [0, 0.05) is 22.6 Å². The maximum atomic E-state index is 12.3. The number of carbonyl (C=O) groups excluding carboxylic acids is 1. The fourth-order valence-corrected chi connectivity index (χ4v) is 3.40. The highest BCUT2D eigenvalue weighted by Gasteiger charge is 2.13. The molecule has 0 spiro atoms. The molecule has 0 radical (unpaired) electrons. The van der Waals surface area contributed by atoms with Crippen molar-refractivity contribution in [2.24, 2.45) is 7.05 Å². The van der Waals surface area contributed by atoms with Gasteiger partial charge in [0.05, 0.1) is 5.75 Å². The number of thioether (sulfide) groups is 1. The summed E-state index contributed by atoms with van der Waals surface area (Å²) in [6.45, 7) is 2.05. The number of ketones is 1. The van der Waals surface area contributed by atoms with Gasteiger partial charge in [0.2, 0.25) is 0 Å². The predicted molar refractivity (Wildman–Crippen MR) is 100 cm³/mol. The van der Waals surface area contributed by atoms with E-state index < -0.39 is 0 Å². The number of aryl methyl sites for hydroxylation is 1. The van der Waals surface area contributed by atoms with Crippen LogP contribution in [0.2, 0.25) is 0 Å². The molecule has 1 heterocycles. The van der Waals surface area contributed by atoms with E-state index in [0.29, 0.717) is 11.3 Å². The smallest absolute Gasteiger partial charge is 0.191 e. The lowest BCUT2D eigenvalue weighted by atomic mass is 10.1. The molecule has 24 heavy (non-hydrogen) atoms. The van der Waals surface area contributed by atoms with Crippen molar-refractivity contribution >= 4 is 33.5 Å². The minimum Gasteiger partial charge on any atom is -0.305 e. The molecule has 1 aromatic heterocycles. The Morgan fingerprint density at radius 3 is 2.62 bits per heavy atom. The lowest BCUT2D eigenvalue weighted by Gasteiger charge is -2.05. The van der Waals surface area contributed by atoms with Gasteiger partial charge < -0.3 is 4.57 Å². The first-order valence-corrected chi connectivity index (χ1v) is 9.20. The highest BCUT2D eigenvalue weighted by Crippen LogP contribution is 2.24. The van der Waals surface area contributed by atoms with Gasteiger partial charge in [0.25, 0.3) is 0 Å². The second kappa shape index (κ2) is 7.32. The van der Waals surface area contributed by atoms with Crippen molar-refractivity contribution in [3.63, 3.8) is 0 Å². The summed E-state index contributed by atoms with van der Waals surface area (Å²) in [5.74, 6) is 1.21. The van der Waals surface area contributed by atoms with Gasteiger partial charge in [-0.15, -0.1) is 10.2 Å². The normalized spacial score (nSPS) is 10.8. The van der Waals surface area contributed by atoms with E-state index in [1.165, 1.54) is 17.3 Å². The maximum absolute atomic E-state index is 12.3. The first kappa shape index (κ1) is 16.9. The number of rotatable bonds is 5. The Hall–Kier alpha value is -1.92. The van der Waals surface area contributed by atoms with E-state index in [2.05, 4.69) is 32.2 Å². The van der Waals surface area contributed by atoms with Crippen LogP contribution < -0.4 is 0 Å². The SMILES string of the molecule is Cc1cccc(-c2nnc(SCC(=O)c3ccc(Br)cc3)n2C)c1. The van der Waals surface area contributed by atoms with Crippen molar-refractivity contribution in [1.29, 1.82) is 0 Å². The Balaban J connectivity index is 1.72. The van der Waals surface area contributed by atoms with Crippen LogP contribution in [0.5, 0.6) is 0 Å². The number of nitrogens with zero attached hydrogens (tertiary/aromatic N) is 3. The molecule has 0 atom stereocenters. The molecular formula is C18H16BrN3OS. The summed E-state index contributed by atoms with van der Waals surface area (Å²) in [6, 6.07) is 15.5. The maximum Gasteiger partial charge on any atom is 0.191 e. The molecule has 0 fully saturated rings. The van der Waals surface area contributed by atoms with E-state index in [9.17, 15) is 4.79 Å². The molecular weight excluding hydrogens is 386 g/mol. The molecule has 0 bridgehead atoms. The minimum atomic E-state index is 0.0765. The number of hydrogen-bond donors (Lipinski definition) is 0. The third-order valence-electron chi connectivity index (χ3n) is 3.61. The first-order chi connectivity index (χ1) is 11.5. The summed E-state index contributed by atoms with van der Waals surface area (Å²) >= 11 is 4.77. The van der Waals surface area contributed by atoms with Gasteiger partial charge in [-0.2, -0.15) is 0 Å². The fraction of sp³-hybridized carbons (Fsp3) is 0.167. The van der Waals surface area contributed by atoms with Crippen LogP contribution in [-0.2, 0) is 7.05 Å². The third kappa shape index (κ3) is 3.76. The lowest BCUT2D eigenvalue weighted by Crippen LogP contribution is -2.03. The van der Waals surface area contributed by atoms with E-state index in [0.717, 1.165) is 21.0 Å². The van der Waals surface area contributed by atoms with Crippen LogP contribution in [0.3, 0.4) is 0 Å². The van der Waals surface area contributed by atoms with Crippen LogP contribution in [0.1, 0.15) is 15.9 Å². The zero-order valence-electron chi connectivity index (χ0n) is 13.4. The molecule has 0 N–H and O–H groups in total. The first-order valence-electron chi connectivity index (χ1n) is 7.42. The molecule has 6 heteroatoms. The summed E-state index contributed by atoms with van der Waals surface area (Å²) < 4.78 is 2.89. The summed E-state index contributed by atoms with van der Waals surface area (Å²) in [4.78, 5) is 12.3. The van der Waals surface area contributed by atoms with Crippen LogP contribution >= 0.6 is 27.7 Å². The molecule has 4 nitrogen and oxygen atoms in total. The molecule has 3 aromatic rings. The van der Waals surface area contributed by atoms with E-state index >= 15 is 0 Å². The van der Waals surface area contributed by atoms with Crippen LogP contribution in [0.25, 0.3) is 11.4 Å². The largest absolute Gasteiger partial charge is 0.305 e. The number of halogens is 1. The molecule has 0 saturated heterocycles. The molecule has 0 aliphatic carbocycles. The molecule has 3 rings (SSSR count). The summed E-state index contributed by atoms with van der Waals surface area (Å²) in [5.41, 5.74) is 2.90. The van der Waals surface area contributed by atoms with Crippen LogP contribution in [-0.4, -0.2) is 26.3 Å². The van der Waals surface area contributed by atoms with E-state index in [4.69, 9.17) is 0 Å². The van der Waals surface area contributed by atoms with Crippen molar-refractivity contribution in [2.45, 2.75) is 12.1 Å². The Morgan fingerprint density at radius 1 is 1.17 bits per heavy atom. The minimum absolute atomic E-state index is 0.0765. The molecule has 0 saturated carbocycles. The standard InChI is InChI=1S/C18H16BrN3OS/c1-12-4-3-5-14(10-12)17-20-21-18(22(17)2)24-11-16(23)13-6-8-15(19)9-7-13/h3-10H,11H2,1-2H3. The fourth-order valence-electron chi connectivity index (χ4n) is 2.33. The number of Topliss-reactive ketones (excluding diaryl/α,β-unsaturated/α-hetero) is 1. The van der Waals surface area contributed by atoms with Gasteiger partial charge in [-0.3, -0.25) is 4.79 Å². The summed E-state index contributed by atoms with van der Waals surface area (Å²) in [5, 5.41) is 9.22. The molecule has 2 aromatic carbocycles. The van der Waals surface area contributed by atoms with Crippen LogP contribution in [0.4, 0.5) is 0 Å². The second-order valence-corrected chi connectivity index (χ2v) is 7.31. The highest BCUT2D eigenvalue weighted by molar-refractivity contribution is 9.10. The van der Waals surface area contributed by atoms with E-state index in [-0.39, 0.29) is 5.78 Å². The average molecular weight is 402 g/mol. The lowest BCUT2D eigenvalue weighted by molar-refractivity contribution is 0.102. The Bertz CT molecular complexity index is 874. The number of hydrogen-bond acceptors (Lipinski definition) is 4. The van der Waals surface area contributed by atoms with Crippen molar-refractivity contribution < 1.29 is 4.79 Å². The topological polar surface area (TPSA) is 47.8 Å². The number of carbonyl (C=O) groups is 1. The predicted octanol–water partition coefficient (Wildman–Crippen LogP) is 4.53. The Kier molecular flexibility index (Phi) is 5.16. The molecule has 122 valence electrons. The van der Waals surface area contributed by atoms with Gasteiger partial charge >= 0.3 is 0 Å². The quantitative estimate of drug-likeness (QED) is 0.465. The molecule has 0 aliphatic rings. The molecule has 0 unspecified atom stereocenters. The van der Waals surface area contributed by atoms with Crippen molar-refractivity contribution in [3.8, 4) is 11.4 Å². The zero-order valence-corrected chi connectivity index (χ0v) is 15.8. The average Bonchev–Trinajstić information content (AvgIpc) is 2.94. The number of aromatic nitrogens is 3. The zero-order chi connectivity index (χ0) is 17.1. The Labute approximate surface area is 153 Å². The second-order valence-electron chi connectivity index (χ2n) is 5.45. The van der Waals surface area contributed by atoms with E-state index in [1.807, 2.05) is 61.0 Å². The monoisotopic (exact) mass is 401 g/mol. The molecule has 0 aliphatic heterocycles. The summed E-state index contributed by atoms with van der Waals surface area (Å²) in [7, 11) is 1.92. The molecule has 0 amide bonds. The van der Waals surface area contributed by atoms with Crippen LogP contribution in [0, 0.1) is 6.92 Å². The van der Waals surface area contributed by atoms with E-state index in [1.54, 1.807) is 0 Å². The number of benzene rings is 2. The van der Waals surface area contributed by atoms with Gasteiger partial charge in [0.1, 0.15) is 0 Å². The third-order valence-corrected chi connectivity index (χ3v) is 5.16.